The molecule has 0 saturated heterocycles. The maximum atomic E-state index is 5.92. The van der Waals surface area contributed by atoms with Crippen molar-refractivity contribution in [1.82, 2.24) is 5.32 Å². The Bertz CT molecular complexity index is 975. The van der Waals surface area contributed by atoms with Gasteiger partial charge in [-0.15, -0.1) is 0 Å². The molecule has 29 heavy (non-hydrogen) atoms. The fraction of sp³-hybridized carbons (Fsp3) is 0.217. The Kier molecular flexibility index (Phi) is 6.08. The average molecular weight is 412 g/mol. The van der Waals surface area contributed by atoms with Crippen LogP contribution in [0.1, 0.15) is 16.7 Å². The van der Waals surface area contributed by atoms with Crippen molar-refractivity contribution in [3.63, 3.8) is 0 Å². The summed E-state index contributed by atoms with van der Waals surface area (Å²) in [7, 11) is 1.65. The Morgan fingerprint density at radius 1 is 0.828 bits per heavy atom. The summed E-state index contributed by atoms with van der Waals surface area (Å²) >= 11 is 5.92. The topological polar surface area (TPSA) is 49.0 Å². The SMILES string of the molecule is COc1cc(CNCc2ccc3c(c2)OCO3)ccc1OCc1ccc(Cl)cc1. The highest BCUT2D eigenvalue weighted by molar-refractivity contribution is 6.30. The lowest BCUT2D eigenvalue weighted by Gasteiger charge is -2.13. The lowest BCUT2D eigenvalue weighted by Crippen LogP contribution is -2.12. The summed E-state index contributed by atoms with van der Waals surface area (Å²) in [6.07, 6.45) is 0. The van der Waals surface area contributed by atoms with Gasteiger partial charge in [0.2, 0.25) is 6.79 Å². The normalized spacial score (nSPS) is 12.1. The molecular weight excluding hydrogens is 390 g/mol. The van der Waals surface area contributed by atoms with Crippen LogP contribution in [-0.2, 0) is 19.7 Å². The zero-order chi connectivity index (χ0) is 20.1. The first-order chi connectivity index (χ1) is 14.2. The first-order valence-electron chi connectivity index (χ1n) is 9.34. The van der Waals surface area contributed by atoms with Crippen LogP contribution in [0.15, 0.2) is 60.7 Å². The van der Waals surface area contributed by atoms with E-state index >= 15 is 0 Å². The van der Waals surface area contributed by atoms with Gasteiger partial charge in [-0.25, -0.2) is 0 Å². The molecule has 0 fully saturated rings. The molecule has 0 radical (unpaired) electrons. The number of methoxy groups -OCH3 is 1. The number of hydrogen-bond donors (Lipinski definition) is 1. The number of benzene rings is 3. The zero-order valence-corrected chi connectivity index (χ0v) is 16.9. The van der Waals surface area contributed by atoms with E-state index in [1.54, 1.807) is 7.11 Å². The number of rotatable bonds is 8. The molecule has 1 aliphatic heterocycles. The molecule has 1 aliphatic rings. The molecule has 150 valence electrons. The van der Waals surface area contributed by atoms with Crippen molar-refractivity contribution in [2.75, 3.05) is 13.9 Å². The first kappa shape index (κ1) is 19.4. The van der Waals surface area contributed by atoms with Crippen molar-refractivity contribution in [3.8, 4) is 23.0 Å². The molecule has 4 rings (SSSR count). The Morgan fingerprint density at radius 2 is 1.52 bits per heavy atom. The minimum atomic E-state index is 0.290. The monoisotopic (exact) mass is 411 g/mol. The van der Waals surface area contributed by atoms with Crippen molar-refractivity contribution in [1.29, 1.82) is 0 Å². The molecule has 0 spiro atoms. The quantitative estimate of drug-likeness (QED) is 0.568. The van der Waals surface area contributed by atoms with E-state index in [0.717, 1.165) is 34.7 Å². The van der Waals surface area contributed by atoms with E-state index in [2.05, 4.69) is 5.32 Å². The van der Waals surface area contributed by atoms with Gasteiger partial charge in [-0.3, -0.25) is 0 Å². The van der Waals surface area contributed by atoms with Crippen LogP contribution in [0, 0.1) is 0 Å². The molecule has 0 atom stereocenters. The van der Waals surface area contributed by atoms with E-state index < -0.39 is 0 Å². The minimum Gasteiger partial charge on any atom is -0.493 e. The summed E-state index contributed by atoms with van der Waals surface area (Å²) < 4.78 is 22.2. The van der Waals surface area contributed by atoms with E-state index in [-0.39, 0.29) is 0 Å². The van der Waals surface area contributed by atoms with Crippen molar-refractivity contribution >= 4 is 11.6 Å². The van der Waals surface area contributed by atoms with Crippen molar-refractivity contribution in [2.45, 2.75) is 19.7 Å². The second kappa shape index (κ2) is 9.07. The Hall–Kier alpha value is -2.89. The standard InChI is InChI=1S/C23H22ClNO4/c1-26-22-10-17(4-8-20(22)27-14-16-2-6-19(24)7-3-16)12-25-13-18-5-9-21-23(11-18)29-15-28-21/h2-11,25H,12-15H2,1H3. The predicted octanol–water partition coefficient (Wildman–Crippen LogP) is 4.95. The van der Waals surface area contributed by atoms with Crippen LogP contribution in [-0.4, -0.2) is 13.9 Å². The fourth-order valence-electron chi connectivity index (χ4n) is 3.09. The number of halogens is 1. The van der Waals surface area contributed by atoms with Gasteiger partial charge in [-0.05, 0) is 53.1 Å². The molecule has 0 saturated carbocycles. The average Bonchev–Trinajstić information content (AvgIpc) is 3.22. The summed E-state index contributed by atoms with van der Waals surface area (Å²) in [4.78, 5) is 0. The lowest BCUT2D eigenvalue weighted by atomic mass is 10.1. The van der Waals surface area contributed by atoms with Gasteiger partial charge in [-0.1, -0.05) is 35.9 Å². The fourth-order valence-corrected chi connectivity index (χ4v) is 3.21. The maximum Gasteiger partial charge on any atom is 0.231 e. The van der Waals surface area contributed by atoms with Crippen LogP contribution in [0.5, 0.6) is 23.0 Å². The van der Waals surface area contributed by atoms with Gasteiger partial charge in [0.1, 0.15) is 6.61 Å². The highest BCUT2D eigenvalue weighted by atomic mass is 35.5. The van der Waals surface area contributed by atoms with Crippen LogP contribution in [0.2, 0.25) is 5.02 Å². The van der Waals surface area contributed by atoms with Crippen LogP contribution < -0.4 is 24.3 Å². The molecule has 3 aromatic carbocycles. The number of hydrogen-bond acceptors (Lipinski definition) is 5. The van der Waals surface area contributed by atoms with Crippen LogP contribution in [0.25, 0.3) is 0 Å². The van der Waals surface area contributed by atoms with E-state index in [1.807, 2.05) is 60.7 Å². The predicted molar refractivity (Wildman–Crippen MR) is 112 cm³/mol. The van der Waals surface area contributed by atoms with Crippen LogP contribution in [0.4, 0.5) is 0 Å². The van der Waals surface area contributed by atoms with Gasteiger partial charge in [0.25, 0.3) is 0 Å². The zero-order valence-electron chi connectivity index (χ0n) is 16.1. The van der Waals surface area contributed by atoms with E-state index in [1.165, 1.54) is 0 Å². The molecule has 6 heteroatoms. The van der Waals surface area contributed by atoms with Crippen molar-refractivity contribution in [3.05, 3.63) is 82.4 Å². The maximum absolute atomic E-state index is 5.92. The molecule has 0 aromatic heterocycles. The van der Waals surface area contributed by atoms with E-state index in [0.29, 0.717) is 36.5 Å². The van der Waals surface area contributed by atoms with E-state index in [9.17, 15) is 0 Å². The molecule has 0 amide bonds. The molecule has 0 bridgehead atoms. The highest BCUT2D eigenvalue weighted by Gasteiger charge is 2.13. The Labute approximate surface area is 175 Å². The summed E-state index contributed by atoms with van der Waals surface area (Å²) in [5.41, 5.74) is 3.30. The second-order valence-corrected chi connectivity index (χ2v) is 7.13. The smallest absolute Gasteiger partial charge is 0.231 e. The summed E-state index contributed by atoms with van der Waals surface area (Å²) in [6, 6.07) is 19.5. The third kappa shape index (κ3) is 4.94. The van der Waals surface area contributed by atoms with Gasteiger partial charge in [0, 0.05) is 18.1 Å². The largest absolute Gasteiger partial charge is 0.493 e. The van der Waals surface area contributed by atoms with Crippen LogP contribution >= 0.6 is 11.6 Å². The molecule has 5 nitrogen and oxygen atoms in total. The Morgan fingerprint density at radius 3 is 2.31 bits per heavy atom. The van der Waals surface area contributed by atoms with Gasteiger partial charge in [-0.2, -0.15) is 0 Å². The highest BCUT2D eigenvalue weighted by Crippen LogP contribution is 2.32. The molecule has 1 N–H and O–H groups in total. The number of fused-ring (bicyclic) bond motifs is 1. The van der Waals surface area contributed by atoms with Gasteiger partial charge in [0.15, 0.2) is 23.0 Å². The lowest BCUT2D eigenvalue weighted by molar-refractivity contribution is 0.174. The molecule has 1 heterocycles. The summed E-state index contributed by atoms with van der Waals surface area (Å²) in [5.74, 6) is 3.02. The van der Waals surface area contributed by atoms with E-state index in [4.69, 9.17) is 30.5 Å². The van der Waals surface area contributed by atoms with Gasteiger partial charge in [0.05, 0.1) is 7.11 Å². The minimum absolute atomic E-state index is 0.290. The molecular formula is C23H22ClNO4. The number of ether oxygens (including phenoxy) is 4. The van der Waals surface area contributed by atoms with Crippen molar-refractivity contribution < 1.29 is 18.9 Å². The summed E-state index contributed by atoms with van der Waals surface area (Å²) in [5, 5.41) is 4.15. The van der Waals surface area contributed by atoms with Crippen molar-refractivity contribution in [2.24, 2.45) is 0 Å². The van der Waals surface area contributed by atoms with Gasteiger partial charge >= 0.3 is 0 Å². The summed E-state index contributed by atoms with van der Waals surface area (Å²) in [6.45, 7) is 2.18. The molecule has 3 aromatic rings. The second-order valence-electron chi connectivity index (χ2n) is 6.69. The van der Waals surface area contributed by atoms with Gasteiger partial charge < -0.3 is 24.3 Å². The first-order valence-corrected chi connectivity index (χ1v) is 9.72. The third-order valence-corrected chi connectivity index (χ3v) is 4.88. The Balaban J connectivity index is 1.33. The molecule has 0 aliphatic carbocycles. The molecule has 0 unspecified atom stereocenters. The number of nitrogens with one attached hydrogen (secondary N) is 1. The van der Waals surface area contributed by atoms with Crippen LogP contribution in [0.3, 0.4) is 0 Å². The third-order valence-electron chi connectivity index (χ3n) is 4.63.